The van der Waals surface area contributed by atoms with Crippen molar-refractivity contribution in [3.05, 3.63) is 29.3 Å². The van der Waals surface area contributed by atoms with E-state index in [4.69, 9.17) is 4.74 Å². The highest BCUT2D eigenvalue weighted by Gasteiger charge is 2.14. The summed E-state index contributed by atoms with van der Waals surface area (Å²) in [5.41, 5.74) is 3.99. The smallest absolute Gasteiger partial charge is 0.0637 e. The Bertz CT molecular complexity index is 368. The van der Waals surface area contributed by atoms with E-state index in [1.54, 1.807) is 7.11 Å². The lowest BCUT2D eigenvalue weighted by Gasteiger charge is -2.32. The molecule has 2 nitrogen and oxygen atoms in total. The molecule has 0 saturated carbocycles. The predicted molar refractivity (Wildman–Crippen MR) is 82.8 cm³/mol. The van der Waals surface area contributed by atoms with Crippen molar-refractivity contribution < 1.29 is 4.74 Å². The molecule has 0 spiro atoms. The second kappa shape index (κ2) is 7.80. The average Bonchev–Trinajstić information content (AvgIpc) is 2.39. The van der Waals surface area contributed by atoms with Crippen molar-refractivity contribution in [1.29, 1.82) is 0 Å². The molecule has 0 bridgehead atoms. The summed E-state index contributed by atoms with van der Waals surface area (Å²) in [5.74, 6) is 0. The number of benzene rings is 1. The van der Waals surface area contributed by atoms with Crippen LogP contribution in [-0.4, -0.2) is 26.3 Å². The number of ether oxygens (including phenoxy) is 1. The van der Waals surface area contributed by atoms with Gasteiger partial charge in [-0.25, -0.2) is 0 Å². The van der Waals surface area contributed by atoms with Crippen molar-refractivity contribution in [2.75, 3.05) is 25.2 Å². The van der Waals surface area contributed by atoms with Gasteiger partial charge < -0.3 is 9.64 Å². The number of hydrogen-bond acceptors (Lipinski definition) is 2. The van der Waals surface area contributed by atoms with Gasteiger partial charge in [0.2, 0.25) is 0 Å². The van der Waals surface area contributed by atoms with Gasteiger partial charge in [0.15, 0.2) is 0 Å². The molecule has 18 heavy (non-hydrogen) atoms. The monoisotopic (exact) mass is 313 g/mol. The molecule has 1 unspecified atom stereocenters. The van der Waals surface area contributed by atoms with Gasteiger partial charge in [0.05, 0.1) is 6.61 Å². The normalized spacial score (nSPS) is 12.5. The minimum atomic E-state index is 0.536. The van der Waals surface area contributed by atoms with E-state index >= 15 is 0 Å². The molecule has 0 N–H and O–H groups in total. The molecule has 0 aliphatic rings. The molecule has 0 radical (unpaired) electrons. The van der Waals surface area contributed by atoms with E-state index in [-0.39, 0.29) is 0 Å². The van der Waals surface area contributed by atoms with Gasteiger partial charge in [-0.05, 0) is 37.5 Å². The van der Waals surface area contributed by atoms with E-state index < -0.39 is 0 Å². The highest BCUT2D eigenvalue weighted by molar-refractivity contribution is 9.08. The van der Waals surface area contributed by atoms with E-state index in [0.29, 0.717) is 6.04 Å². The molecule has 0 fully saturated rings. The van der Waals surface area contributed by atoms with Crippen molar-refractivity contribution in [3.8, 4) is 0 Å². The van der Waals surface area contributed by atoms with Crippen LogP contribution in [0.15, 0.2) is 18.2 Å². The second-order valence-corrected chi connectivity index (χ2v) is 5.26. The maximum absolute atomic E-state index is 5.22. The molecule has 0 aliphatic carbocycles. The first-order valence-electron chi connectivity index (χ1n) is 6.55. The van der Waals surface area contributed by atoms with E-state index in [1.807, 2.05) is 0 Å². The zero-order valence-electron chi connectivity index (χ0n) is 11.9. The van der Waals surface area contributed by atoms with Crippen LogP contribution in [0.2, 0.25) is 0 Å². The molecule has 1 aromatic carbocycles. The highest BCUT2D eigenvalue weighted by atomic mass is 79.9. The Morgan fingerprint density at radius 3 is 2.61 bits per heavy atom. The second-order valence-electron chi connectivity index (χ2n) is 4.70. The third-order valence-electron chi connectivity index (χ3n) is 3.38. The van der Waals surface area contributed by atoms with Crippen molar-refractivity contribution in [2.45, 2.75) is 38.6 Å². The summed E-state index contributed by atoms with van der Waals surface area (Å²) in [4.78, 5) is 2.44. The third kappa shape index (κ3) is 3.99. The first kappa shape index (κ1) is 15.5. The van der Waals surface area contributed by atoms with Crippen molar-refractivity contribution in [3.63, 3.8) is 0 Å². The number of anilines is 1. The SMILES string of the molecule is CCC(C)N(CCOC)c1ccc(CBr)cc1C. The number of hydrogen-bond donors (Lipinski definition) is 0. The van der Waals surface area contributed by atoms with Crippen LogP contribution in [0, 0.1) is 6.92 Å². The van der Waals surface area contributed by atoms with Crippen LogP contribution in [0.25, 0.3) is 0 Å². The lowest BCUT2D eigenvalue weighted by atomic mass is 10.1. The molecule has 0 saturated heterocycles. The zero-order chi connectivity index (χ0) is 13.5. The van der Waals surface area contributed by atoms with Gasteiger partial charge in [-0.15, -0.1) is 0 Å². The van der Waals surface area contributed by atoms with Gasteiger partial charge in [-0.2, -0.15) is 0 Å². The van der Waals surface area contributed by atoms with Crippen LogP contribution in [-0.2, 0) is 10.1 Å². The molecule has 0 aromatic heterocycles. The highest BCUT2D eigenvalue weighted by Crippen LogP contribution is 2.25. The standard InChI is InChI=1S/C15H24BrNO/c1-5-13(3)17(8-9-18-4)15-7-6-14(11-16)10-12(15)2/h6-7,10,13H,5,8-9,11H2,1-4H3. The summed E-state index contributed by atoms with van der Waals surface area (Å²) in [6.07, 6.45) is 1.14. The van der Waals surface area contributed by atoms with Gasteiger partial charge in [0, 0.05) is 30.7 Å². The van der Waals surface area contributed by atoms with Gasteiger partial charge in [0.25, 0.3) is 0 Å². The van der Waals surface area contributed by atoms with Crippen molar-refractivity contribution in [1.82, 2.24) is 0 Å². The first-order valence-corrected chi connectivity index (χ1v) is 7.67. The Kier molecular flexibility index (Phi) is 6.72. The van der Waals surface area contributed by atoms with Crippen LogP contribution in [0.4, 0.5) is 5.69 Å². The third-order valence-corrected chi connectivity index (χ3v) is 4.03. The van der Waals surface area contributed by atoms with Crippen LogP contribution < -0.4 is 4.90 Å². The number of halogens is 1. The van der Waals surface area contributed by atoms with Gasteiger partial charge in [-0.3, -0.25) is 0 Å². The summed E-state index contributed by atoms with van der Waals surface area (Å²) < 4.78 is 5.22. The molecule has 1 rings (SSSR count). The summed E-state index contributed by atoms with van der Waals surface area (Å²) in [6.45, 7) is 8.40. The Balaban J connectivity index is 2.96. The lowest BCUT2D eigenvalue weighted by Crippen LogP contribution is -2.35. The predicted octanol–water partition coefficient (Wildman–Crippen LogP) is 4.14. The molecule has 0 aliphatic heterocycles. The largest absolute Gasteiger partial charge is 0.383 e. The number of nitrogens with zero attached hydrogens (tertiary/aromatic N) is 1. The van der Waals surface area contributed by atoms with Crippen LogP contribution in [0.5, 0.6) is 0 Å². The maximum Gasteiger partial charge on any atom is 0.0637 e. The molecule has 1 aromatic rings. The van der Waals surface area contributed by atoms with Crippen molar-refractivity contribution in [2.24, 2.45) is 0 Å². The Labute approximate surface area is 119 Å². The van der Waals surface area contributed by atoms with E-state index in [0.717, 1.165) is 24.9 Å². The minimum absolute atomic E-state index is 0.536. The Morgan fingerprint density at radius 1 is 1.39 bits per heavy atom. The topological polar surface area (TPSA) is 12.5 Å². The van der Waals surface area contributed by atoms with Crippen LogP contribution >= 0.6 is 15.9 Å². The van der Waals surface area contributed by atoms with Crippen LogP contribution in [0.3, 0.4) is 0 Å². The lowest BCUT2D eigenvalue weighted by molar-refractivity contribution is 0.203. The maximum atomic E-state index is 5.22. The van der Waals surface area contributed by atoms with Crippen molar-refractivity contribution >= 4 is 21.6 Å². The van der Waals surface area contributed by atoms with E-state index in [2.05, 4.69) is 59.8 Å². The Hall–Kier alpha value is -0.540. The number of aryl methyl sites for hydroxylation is 1. The number of rotatable bonds is 7. The Morgan fingerprint density at radius 2 is 2.11 bits per heavy atom. The molecule has 3 heteroatoms. The summed E-state index contributed by atoms with van der Waals surface area (Å²) in [6, 6.07) is 7.22. The molecule has 102 valence electrons. The summed E-state index contributed by atoms with van der Waals surface area (Å²) in [7, 11) is 1.76. The quantitative estimate of drug-likeness (QED) is 0.701. The fraction of sp³-hybridized carbons (Fsp3) is 0.600. The fourth-order valence-electron chi connectivity index (χ4n) is 2.11. The van der Waals surface area contributed by atoms with Gasteiger partial charge >= 0.3 is 0 Å². The molecular weight excluding hydrogens is 290 g/mol. The fourth-order valence-corrected chi connectivity index (χ4v) is 2.46. The van der Waals surface area contributed by atoms with E-state index in [9.17, 15) is 0 Å². The number of methoxy groups -OCH3 is 1. The summed E-state index contributed by atoms with van der Waals surface area (Å²) >= 11 is 3.50. The van der Waals surface area contributed by atoms with Gasteiger partial charge in [-0.1, -0.05) is 35.0 Å². The summed E-state index contributed by atoms with van der Waals surface area (Å²) in [5, 5.41) is 0.912. The zero-order valence-corrected chi connectivity index (χ0v) is 13.5. The minimum Gasteiger partial charge on any atom is -0.383 e. The molecule has 0 heterocycles. The number of alkyl halides is 1. The molecule has 1 atom stereocenters. The van der Waals surface area contributed by atoms with E-state index in [1.165, 1.54) is 16.8 Å². The van der Waals surface area contributed by atoms with Gasteiger partial charge in [0.1, 0.15) is 0 Å². The average molecular weight is 314 g/mol. The van der Waals surface area contributed by atoms with Crippen LogP contribution in [0.1, 0.15) is 31.4 Å². The molecular formula is C15H24BrNO. The molecule has 0 amide bonds. The first-order chi connectivity index (χ1) is 8.63.